The van der Waals surface area contributed by atoms with Gasteiger partial charge >= 0.3 is 6.18 Å². The minimum Gasteiger partial charge on any atom is -0.545 e. The number of sulfonamides is 1. The summed E-state index contributed by atoms with van der Waals surface area (Å²) in [6.07, 6.45) is -4.68. The van der Waals surface area contributed by atoms with Crippen LogP contribution in [0.2, 0.25) is 0 Å². The van der Waals surface area contributed by atoms with Crippen LogP contribution < -0.4 is 15.4 Å². The van der Waals surface area contributed by atoms with Gasteiger partial charge in [0, 0.05) is 0 Å². The highest BCUT2D eigenvalue weighted by atomic mass is 32.2. The fraction of sp³-hybridized carbons (Fsp3) is 0.0714. The van der Waals surface area contributed by atoms with E-state index in [0.717, 1.165) is 36.4 Å². The van der Waals surface area contributed by atoms with Crippen LogP contribution in [0.4, 0.5) is 18.9 Å². The molecule has 0 aliphatic rings. The van der Waals surface area contributed by atoms with Crippen molar-refractivity contribution in [2.24, 2.45) is 0 Å². The van der Waals surface area contributed by atoms with E-state index in [4.69, 9.17) is 0 Å². The van der Waals surface area contributed by atoms with Crippen LogP contribution in [0.5, 0.6) is 0 Å². The molecule has 0 aliphatic carbocycles. The number of carbonyl (C=O) groups is 1. The van der Waals surface area contributed by atoms with Crippen LogP contribution in [0.1, 0.15) is 15.9 Å². The quantitative estimate of drug-likeness (QED) is 0.786. The summed E-state index contributed by atoms with van der Waals surface area (Å²) in [7, 11) is -4.30. The molecular weight excluding hydrogens is 349 g/mol. The number of hydrogen-bond donors (Lipinski definition) is 2. The summed E-state index contributed by atoms with van der Waals surface area (Å²) in [5.74, 6) is -1.58. The Morgan fingerprint density at radius 1 is 1.04 bits per heavy atom. The number of alkyl halides is 3. The lowest BCUT2D eigenvalue weighted by molar-refractivity contribution is -0.255. The van der Waals surface area contributed by atoms with Crippen molar-refractivity contribution in [1.29, 1.82) is 0 Å². The molecular formula is C14H10F3N2O4S-. The Labute approximate surface area is 135 Å². The molecule has 0 bridgehead atoms. The van der Waals surface area contributed by atoms with Gasteiger partial charge in [0.05, 0.1) is 22.1 Å². The number of hydrazine groups is 1. The molecule has 0 heterocycles. The Morgan fingerprint density at radius 2 is 1.71 bits per heavy atom. The monoisotopic (exact) mass is 359 g/mol. The molecule has 0 saturated heterocycles. The van der Waals surface area contributed by atoms with Gasteiger partial charge in [-0.15, -0.1) is 4.83 Å². The Morgan fingerprint density at radius 3 is 2.33 bits per heavy atom. The molecule has 0 spiro atoms. The second-order valence-electron chi connectivity index (χ2n) is 4.59. The van der Waals surface area contributed by atoms with Gasteiger partial charge in [0.25, 0.3) is 10.0 Å². The second kappa shape index (κ2) is 6.49. The van der Waals surface area contributed by atoms with Crippen molar-refractivity contribution in [1.82, 2.24) is 4.83 Å². The predicted octanol–water partition coefficient (Wildman–Crippen LogP) is 1.37. The molecule has 128 valence electrons. The third-order valence-electron chi connectivity index (χ3n) is 2.93. The first kappa shape index (κ1) is 17.8. The van der Waals surface area contributed by atoms with Gasteiger partial charge in [-0.2, -0.15) is 13.2 Å². The fourth-order valence-corrected chi connectivity index (χ4v) is 2.71. The molecule has 0 aliphatic heterocycles. The first-order valence-corrected chi connectivity index (χ1v) is 7.85. The van der Waals surface area contributed by atoms with Crippen molar-refractivity contribution in [2.75, 3.05) is 5.43 Å². The van der Waals surface area contributed by atoms with E-state index in [2.05, 4.69) is 0 Å². The van der Waals surface area contributed by atoms with Crippen LogP contribution in [0.3, 0.4) is 0 Å². The summed E-state index contributed by atoms with van der Waals surface area (Å²) >= 11 is 0. The molecule has 2 rings (SSSR count). The summed E-state index contributed by atoms with van der Waals surface area (Å²) in [6, 6.07) is 8.50. The van der Waals surface area contributed by atoms with E-state index in [1.54, 1.807) is 4.83 Å². The molecule has 2 aromatic carbocycles. The van der Waals surface area contributed by atoms with Crippen molar-refractivity contribution in [3.05, 3.63) is 59.7 Å². The number of carboxylic acid groups (broad SMARTS) is 1. The van der Waals surface area contributed by atoms with Gasteiger partial charge in [-0.3, -0.25) is 0 Å². The Balaban J connectivity index is 2.26. The molecule has 2 aromatic rings. The summed E-state index contributed by atoms with van der Waals surface area (Å²) in [6.45, 7) is 0. The standard InChI is InChI=1S/C14H11F3N2O4S/c15-14(16,17)11-6-1-2-7-12(11)18-19-24(22,23)10-5-3-4-9(8-10)13(20)21/h1-8,18-19H,(H,20,21)/p-1. The highest BCUT2D eigenvalue weighted by Gasteiger charge is 2.33. The number of para-hydroxylation sites is 1. The second-order valence-corrected chi connectivity index (χ2v) is 6.27. The Kier molecular flexibility index (Phi) is 4.81. The van der Waals surface area contributed by atoms with Crippen molar-refractivity contribution in [2.45, 2.75) is 11.1 Å². The van der Waals surface area contributed by atoms with E-state index in [9.17, 15) is 31.5 Å². The third-order valence-corrected chi connectivity index (χ3v) is 4.18. The van der Waals surface area contributed by atoms with Crippen molar-refractivity contribution in [3.63, 3.8) is 0 Å². The number of anilines is 1. The zero-order valence-electron chi connectivity index (χ0n) is 11.8. The van der Waals surface area contributed by atoms with Gasteiger partial charge in [0.2, 0.25) is 0 Å². The van der Waals surface area contributed by atoms with Crippen LogP contribution >= 0.6 is 0 Å². The van der Waals surface area contributed by atoms with Crippen molar-refractivity contribution < 1.29 is 31.5 Å². The zero-order valence-corrected chi connectivity index (χ0v) is 12.6. The largest absolute Gasteiger partial charge is 0.545 e. The smallest absolute Gasteiger partial charge is 0.418 e. The van der Waals surface area contributed by atoms with Crippen LogP contribution in [0.25, 0.3) is 0 Å². The average Bonchev–Trinajstić information content (AvgIpc) is 2.52. The maximum Gasteiger partial charge on any atom is 0.418 e. The molecule has 24 heavy (non-hydrogen) atoms. The number of aromatic carboxylic acids is 1. The fourth-order valence-electron chi connectivity index (χ4n) is 1.81. The maximum absolute atomic E-state index is 12.8. The highest BCUT2D eigenvalue weighted by Crippen LogP contribution is 2.34. The summed E-state index contributed by atoms with van der Waals surface area (Å²) in [5, 5.41) is 10.7. The molecule has 0 fully saturated rings. The Bertz CT molecular complexity index is 866. The van der Waals surface area contributed by atoms with Crippen LogP contribution in [-0.4, -0.2) is 14.4 Å². The number of carbonyl (C=O) groups excluding carboxylic acids is 1. The van der Waals surface area contributed by atoms with E-state index >= 15 is 0 Å². The summed E-state index contributed by atoms with van der Waals surface area (Å²) in [4.78, 5) is 12.1. The van der Waals surface area contributed by atoms with E-state index in [1.807, 2.05) is 5.43 Å². The lowest BCUT2D eigenvalue weighted by Crippen LogP contribution is -2.31. The first-order valence-electron chi connectivity index (χ1n) is 6.37. The maximum atomic E-state index is 12.8. The molecule has 10 heteroatoms. The Hall–Kier alpha value is -2.59. The van der Waals surface area contributed by atoms with Crippen LogP contribution in [0.15, 0.2) is 53.4 Å². The number of rotatable bonds is 5. The minimum absolute atomic E-state index is 0.381. The topological polar surface area (TPSA) is 98.3 Å². The summed E-state index contributed by atoms with van der Waals surface area (Å²) < 4.78 is 62.7. The lowest BCUT2D eigenvalue weighted by Gasteiger charge is -2.15. The molecule has 2 N–H and O–H groups in total. The van der Waals surface area contributed by atoms with Gasteiger partial charge < -0.3 is 15.3 Å². The van der Waals surface area contributed by atoms with E-state index in [1.165, 1.54) is 12.1 Å². The molecule has 0 amide bonds. The van der Waals surface area contributed by atoms with Crippen LogP contribution in [-0.2, 0) is 16.2 Å². The molecule has 0 unspecified atom stereocenters. The number of benzene rings is 2. The normalized spacial score (nSPS) is 12.0. The third kappa shape index (κ3) is 4.03. The van der Waals surface area contributed by atoms with E-state index in [-0.39, 0.29) is 5.56 Å². The molecule has 0 atom stereocenters. The molecule has 6 nitrogen and oxygen atoms in total. The van der Waals surface area contributed by atoms with Crippen LogP contribution in [0, 0.1) is 0 Å². The summed E-state index contributed by atoms with van der Waals surface area (Å²) in [5.41, 5.74) is 0.0505. The first-order chi connectivity index (χ1) is 11.1. The van der Waals surface area contributed by atoms with E-state index < -0.39 is 38.3 Å². The number of carboxylic acids is 1. The van der Waals surface area contributed by atoms with Gasteiger partial charge in [0.1, 0.15) is 0 Å². The number of halogens is 3. The van der Waals surface area contributed by atoms with Gasteiger partial charge in [-0.25, -0.2) is 8.42 Å². The van der Waals surface area contributed by atoms with E-state index in [0.29, 0.717) is 0 Å². The number of hydrogen-bond acceptors (Lipinski definition) is 5. The average molecular weight is 359 g/mol. The van der Waals surface area contributed by atoms with Gasteiger partial charge in [0.15, 0.2) is 0 Å². The lowest BCUT2D eigenvalue weighted by atomic mass is 10.2. The van der Waals surface area contributed by atoms with Crippen molar-refractivity contribution >= 4 is 21.7 Å². The molecule has 0 saturated carbocycles. The SMILES string of the molecule is O=C([O-])c1cccc(S(=O)(=O)NNc2ccccc2C(F)(F)F)c1. The minimum atomic E-state index is -4.68. The number of nitrogens with one attached hydrogen (secondary N) is 2. The zero-order chi connectivity index (χ0) is 18.0. The van der Waals surface area contributed by atoms with Crippen molar-refractivity contribution in [3.8, 4) is 0 Å². The highest BCUT2D eigenvalue weighted by molar-refractivity contribution is 7.89. The van der Waals surface area contributed by atoms with Gasteiger partial charge in [-0.05, 0) is 29.8 Å². The predicted molar refractivity (Wildman–Crippen MR) is 76.2 cm³/mol. The molecule has 0 radical (unpaired) electrons. The van der Waals surface area contributed by atoms with Gasteiger partial charge in [-0.1, -0.05) is 24.3 Å². The molecule has 0 aromatic heterocycles.